The average molecular weight is 288 g/mol. The molecule has 1 rings (SSSR count). The summed E-state index contributed by atoms with van der Waals surface area (Å²) in [7, 11) is 0. The summed E-state index contributed by atoms with van der Waals surface area (Å²) < 4.78 is 0. The predicted octanol–water partition coefficient (Wildman–Crippen LogP) is 3.54. The Balaban J connectivity index is 2.49. The molecule has 21 heavy (non-hydrogen) atoms. The molecular formula is C18H28N2O. The minimum atomic E-state index is -0.0224. The highest BCUT2D eigenvalue weighted by molar-refractivity contribution is 5.87. The number of hydrogen-bond acceptors (Lipinski definition) is 2. The van der Waals surface area contributed by atoms with Crippen LogP contribution in [-0.4, -0.2) is 25.5 Å². The van der Waals surface area contributed by atoms with Crippen molar-refractivity contribution in [1.82, 2.24) is 5.32 Å². The number of para-hydroxylation sites is 1. The first-order valence-corrected chi connectivity index (χ1v) is 7.61. The van der Waals surface area contributed by atoms with Crippen LogP contribution in [0.2, 0.25) is 0 Å². The molecule has 0 saturated carbocycles. The molecule has 0 unspecified atom stereocenters. The number of anilines is 1. The largest absolute Gasteiger partial charge is 0.370 e. The normalized spacial score (nSPS) is 11.7. The summed E-state index contributed by atoms with van der Waals surface area (Å²) in [5.41, 5.74) is 2.53. The van der Waals surface area contributed by atoms with Crippen LogP contribution in [0.25, 0.3) is 0 Å². The fourth-order valence-electron chi connectivity index (χ4n) is 2.07. The van der Waals surface area contributed by atoms with Crippen molar-refractivity contribution in [2.45, 2.75) is 34.6 Å². The Morgan fingerprint density at radius 1 is 1.29 bits per heavy atom. The van der Waals surface area contributed by atoms with E-state index in [2.05, 4.69) is 63.0 Å². The van der Waals surface area contributed by atoms with E-state index < -0.39 is 0 Å². The van der Waals surface area contributed by atoms with E-state index in [4.69, 9.17) is 0 Å². The van der Waals surface area contributed by atoms with Crippen LogP contribution in [0.5, 0.6) is 0 Å². The van der Waals surface area contributed by atoms with Crippen molar-refractivity contribution >= 4 is 11.6 Å². The molecule has 0 fully saturated rings. The number of carbonyl (C=O) groups excluding carboxylic acids is 1. The van der Waals surface area contributed by atoms with E-state index >= 15 is 0 Å². The number of carbonyl (C=O) groups is 1. The lowest BCUT2D eigenvalue weighted by Gasteiger charge is -2.25. The quantitative estimate of drug-likeness (QED) is 0.812. The summed E-state index contributed by atoms with van der Waals surface area (Å²) in [5.74, 6) is -0.0224. The molecular weight excluding hydrogens is 260 g/mol. The van der Waals surface area contributed by atoms with Crippen molar-refractivity contribution in [3.8, 4) is 0 Å². The molecule has 1 aromatic rings. The van der Waals surface area contributed by atoms with Crippen molar-refractivity contribution in [1.29, 1.82) is 0 Å². The zero-order valence-electron chi connectivity index (χ0n) is 13.9. The van der Waals surface area contributed by atoms with Crippen molar-refractivity contribution < 1.29 is 4.79 Å². The van der Waals surface area contributed by atoms with Crippen molar-refractivity contribution in [3.05, 3.63) is 42.0 Å². The molecule has 0 spiro atoms. The summed E-state index contributed by atoms with van der Waals surface area (Å²) in [4.78, 5) is 14.0. The number of hydrogen-bond donors (Lipinski definition) is 1. The Morgan fingerprint density at radius 3 is 2.52 bits per heavy atom. The fourth-order valence-corrected chi connectivity index (χ4v) is 2.07. The van der Waals surface area contributed by atoms with E-state index in [1.54, 1.807) is 6.08 Å². The number of likely N-dealkylation sites (N-methyl/N-ethyl adjacent to an activating group) is 1. The lowest BCUT2D eigenvalue weighted by Crippen LogP contribution is -2.34. The van der Waals surface area contributed by atoms with Gasteiger partial charge in [0.25, 0.3) is 0 Å². The van der Waals surface area contributed by atoms with Gasteiger partial charge >= 0.3 is 0 Å². The third-order valence-corrected chi connectivity index (χ3v) is 3.25. The van der Waals surface area contributed by atoms with Gasteiger partial charge in [-0.1, -0.05) is 45.0 Å². The summed E-state index contributed by atoms with van der Waals surface area (Å²) in [6, 6.07) is 8.34. The molecule has 0 saturated heterocycles. The molecule has 0 radical (unpaired) electrons. The van der Waals surface area contributed by atoms with Crippen LogP contribution in [0.15, 0.2) is 36.4 Å². The fraction of sp³-hybridized carbons (Fsp3) is 0.500. The van der Waals surface area contributed by atoms with Gasteiger partial charge in [-0.05, 0) is 37.0 Å². The molecule has 1 N–H and O–H groups in total. The minimum Gasteiger partial charge on any atom is -0.370 e. The summed E-state index contributed by atoms with van der Waals surface area (Å²) >= 11 is 0. The molecule has 0 aromatic heterocycles. The predicted molar refractivity (Wildman–Crippen MR) is 90.7 cm³/mol. The number of nitrogens with one attached hydrogen (secondary N) is 1. The summed E-state index contributed by atoms with van der Waals surface area (Å²) in [6.45, 7) is 12.9. The van der Waals surface area contributed by atoms with Crippen molar-refractivity contribution in [2.24, 2.45) is 5.41 Å². The van der Waals surface area contributed by atoms with Gasteiger partial charge in [-0.15, -0.1) is 0 Å². The standard InChI is InChI=1S/C18H28N2O/c1-6-20(16-10-8-7-9-15(16)2)14-13-19-17(21)11-12-18(3,4)5/h7-12H,6,13-14H2,1-5H3,(H,19,21). The van der Waals surface area contributed by atoms with Gasteiger partial charge in [0.15, 0.2) is 0 Å². The molecule has 1 aromatic carbocycles. The molecule has 1 amide bonds. The molecule has 3 nitrogen and oxygen atoms in total. The van der Waals surface area contributed by atoms with Gasteiger partial charge in [-0.3, -0.25) is 4.79 Å². The lowest BCUT2D eigenvalue weighted by molar-refractivity contribution is -0.116. The Labute approximate surface area is 129 Å². The minimum absolute atomic E-state index is 0.0224. The highest BCUT2D eigenvalue weighted by Gasteiger charge is 2.08. The van der Waals surface area contributed by atoms with Gasteiger partial charge < -0.3 is 10.2 Å². The zero-order chi connectivity index (χ0) is 15.9. The smallest absolute Gasteiger partial charge is 0.243 e. The van der Waals surface area contributed by atoms with Crippen LogP contribution in [0, 0.1) is 12.3 Å². The van der Waals surface area contributed by atoms with Crippen LogP contribution < -0.4 is 10.2 Å². The van der Waals surface area contributed by atoms with Gasteiger partial charge in [0, 0.05) is 25.3 Å². The van der Waals surface area contributed by atoms with E-state index in [0.29, 0.717) is 6.54 Å². The molecule has 0 atom stereocenters. The van der Waals surface area contributed by atoms with E-state index in [1.807, 2.05) is 12.1 Å². The molecule has 0 aliphatic carbocycles. The first kappa shape index (κ1) is 17.3. The van der Waals surface area contributed by atoms with Crippen LogP contribution >= 0.6 is 0 Å². The molecule has 0 aliphatic heterocycles. The Kier molecular flexibility index (Phi) is 6.47. The monoisotopic (exact) mass is 288 g/mol. The highest BCUT2D eigenvalue weighted by atomic mass is 16.1. The van der Waals surface area contributed by atoms with Gasteiger partial charge in [-0.2, -0.15) is 0 Å². The Hall–Kier alpha value is -1.77. The number of nitrogens with zero attached hydrogens (tertiary/aromatic N) is 1. The van der Waals surface area contributed by atoms with Crippen LogP contribution in [0.4, 0.5) is 5.69 Å². The van der Waals surface area contributed by atoms with Gasteiger partial charge in [0.2, 0.25) is 5.91 Å². The highest BCUT2D eigenvalue weighted by Crippen LogP contribution is 2.18. The molecule has 0 heterocycles. The third kappa shape index (κ3) is 6.48. The van der Waals surface area contributed by atoms with E-state index in [0.717, 1.165) is 13.1 Å². The first-order valence-electron chi connectivity index (χ1n) is 7.61. The van der Waals surface area contributed by atoms with E-state index in [1.165, 1.54) is 11.3 Å². The molecule has 0 bridgehead atoms. The zero-order valence-corrected chi connectivity index (χ0v) is 13.9. The van der Waals surface area contributed by atoms with Crippen LogP contribution in [-0.2, 0) is 4.79 Å². The first-order chi connectivity index (χ1) is 9.83. The maximum Gasteiger partial charge on any atom is 0.243 e. The summed E-state index contributed by atoms with van der Waals surface area (Å²) in [6.07, 6.45) is 3.56. The Bertz CT molecular complexity index is 486. The summed E-state index contributed by atoms with van der Waals surface area (Å²) in [5, 5.41) is 2.94. The van der Waals surface area contributed by atoms with Gasteiger partial charge in [0.05, 0.1) is 0 Å². The van der Waals surface area contributed by atoms with E-state index in [-0.39, 0.29) is 11.3 Å². The lowest BCUT2D eigenvalue weighted by atomic mass is 9.96. The maximum atomic E-state index is 11.7. The number of allylic oxidation sites excluding steroid dienone is 1. The Morgan fingerprint density at radius 2 is 1.95 bits per heavy atom. The third-order valence-electron chi connectivity index (χ3n) is 3.25. The second-order valence-corrected chi connectivity index (χ2v) is 6.36. The second kappa shape index (κ2) is 7.87. The topological polar surface area (TPSA) is 32.3 Å². The number of rotatable bonds is 6. The average Bonchev–Trinajstić information content (AvgIpc) is 2.42. The van der Waals surface area contributed by atoms with Gasteiger partial charge in [-0.25, -0.2) is 0 Å². The van der Waals surface area contributed by atoms with Crippen LogP contribution in [0.3, 0.4) is 0 Å². The second-order valence-electron chi connectivity index (χ2n) is 6.36. The van der Waals surface area contributed by atoms with Crippen molar-refractivity contribution in [2.75, 3.05) is 24.5 Å². The number of aryl methyl sites for hydroxylation is 1. The van der Waals surface area contributed by atoms with Crippen molar-refractivity contribution in [3.63, 3.8) is 0 Å². The van der Waals surface area contributed by atoms with E-state index in [9.17, 15) is 4.79 Å². The molecule has 0 aliphatic rings. The number of benzene rings is 1. The maximum absolute atomic E-state index is 11.7. The van der Waals surface area contributed by atoms with Crippen LogP contribution in [0.1, 0.15) is 33.3 Å². The molecule has 116 valence electrons. The SMILES string of the molecule is CCN(CCNC(=O)C=CC(C)(C)C)c1ccccc1C. The van der Waals surface area contributed by atoms with Gasteiger partial charge in [0.1, 0.15) is 0 Å². The number of amides is 1. The molecule has 3 heteroatoms.